The summed E-state index contributed by atoms with van der Waals surface area (Å²) >= 11 is 6.75. The molecule has 0 fully saturated rings. The van der Waals surface area contributed by atoms with Gasteiger partial charge in [0.05, 0.1) is 25.6 Å². The Hall–Kier alpha value is -2.93. The van der Waals surface area contributed by atoms with E-state index >= 15 is 0 Å². The summed E-state index contributed by atoms with van der Waals surface area (Å²) in [7, 11) is -4.02. The number of allylic oxidation sites excluding steroid dienone is 1. The Labute approximate surface area is 202 Å². The van der Waals surface area contributed by atoms with Crippen LogP contribution in [0.5, 0.6) is 5.75 Å². The van der Waals surface area contributed by atoms with Gasteiger partial charge in [0.25, 0.3) is 0 Å². The summed E-state index contributed by atoms with van der Waals surface area (Å²) < 4.78 is 31.5. The van der Waals surface area contributed by atoms with E-state index in [1.54, 1.807) is 30.3 Å². The number of aromatic amines is 1. The first kappa shape index (κ1) is 22.3. The molecule has 9 heteroatoms. The highest BCUT2D eigenvalue weighted by atomic mass is 79.9. The molecule has 0 aliphatic heterocycles. The molecule has 0 bridgehead atoms. The van der Waals surface area contributed by atoms with Gasteiger partial charge in [0.15, 0.2) is 5.75 Å². The van der Waals surface area contributed by atoms with E-state index in [1.165, 1.54) is 12.1 Å². The van der Waals surface area contributed by atoms with Crippen molar-refractivity contribution in [3.8, 4) is 11.8 Å². The molecule has 32 heavy (non-hydrogen) atoms. The molecule has 1 aromatic heterocycles. The van der Waals surface area contributed by atoms with Gasteiger partial charge >= 0.3 is 10.1 Å². The molecule has 4 rings (SSSR count). The molecule has 6 nitrogen and oxygen atoms in total. The summed E-state index contributed by atoms with van der Waals surface area (Å²) in [5.74, 6) is 0.563. The van der Waals surface area contributed by atoms with E-state index in [4.69, 9.17) is 4.18 Å². The van der Waals surface area contributed by atoms with Crippen molar-refractivity contribution in [2.75, 3.05) is 0 Å². The Kier molecular flexibility index (Phi) is 6.20. The number of aryl methyl sites for hydroxylation is 1. The third kappa shape index (κ3) is 4.63. The van der Waals surface area contributed by atoms with E-state index in [2.05, 4.69) is 47.9 Å². The second-order valence-electron chi connectivity index (χ2n) is 6.94. The number of halogens is 2. The number of hydrogen-bond acceptors (Lipinski definition) is 5. The van der Waals surface area contributed by atoms with Gasteiger partial charge in [-0.3, -0.25) is 0 Å². The number of rotatable bonds is 5. The van der Waals surface area contributed by atoms with Crippen molar-refractivity contribution in [3.05, 3.63) is 86.6 Å². The van der Waals surface area contributed by atoms with E-state index in [9.17, 15) is 13.7 Å². The Bertz CT molecular complexity index is 1450. The van der Waals surface area contributed by atoms with Gasteiger partial charge in [-0.05, 0) is 86.8 Å². The molecule has 0 aliphatic rings. The molecule has 1 heterocycles. The van der Waals surface area contributed by atoms with E-state index in [1.807, 2.05) is 31.2 Å². The molecule has 4 aromatic rings. The third-order valence-electron chi connectivity index (χ3n) is 4.60. The second kappa shape index (κ2) is 8.90. The Morgan fingerprint density at radius 3 is 2.38 bits per heavy atom. The number of H-pyrrole nitrogens is 1. The van der Waals surface area contributed by atoms with Crippen LogP contribution in [-0.2, 0) is 10.1 Å². The lowest BCUT2D eigenvalue weighted by molar-refractivity contribution is 0.483. The molecule has 160 valence electrons. The highest BCUT2D eigenvalue weighted by Crippen LogP contribution is 2.37. The zero-order valence-electron chi connectivity index (χ0n) is 16.6. The van der Waals surface area contributed by atoms with Crippen LogP contribution >= 0.6 is 31.9 Å². The zero-order valence-corrected chi connectivity index (χ0v) is 20.6. The van der Waals surface area contributed by atoms with Gasteiger partial charge in [0, 0.05) is 0 Å². The Morgan fingerprint density at radius 1 is 1.09 bits per heavy atom. The molecule has 0 saturated heterocycles. The second-order valence-corrected chi connectivity index (χ2v) is 10.2. The Balaban J connectivity index is 1.67. The molecule has 0 radical (unpaired) electrons. The van der Waals surface area contributed by atoms with Crippen LogP contribution in [-0.4, -0.2) is 18.4 Å². The van der Waals surface area contributed by atoms with Gasteiger partial charge in [0.1, 0.15) is 16.8 Å². The first-order chi connectivity index (χ1) is 15.3. The van der Waals surface area contributed by atoms with Crippen molar-refractivity contribution in [2.45, 2.75) is 11.8 Å². The monoisotopic (exact) mass is 571 g/mol. The van der Waals surface area contributed by atoms with Crippen LogP contribution in [0.4, 0.5) is 0 Å². The summed E-state index contributed by atoms with van der Waals surface area (Å²) in [4.78, 5) is 7.65. The van der Waals surface area contributed by atoms with E-state index in [0.717, 1.165) is 16.6 Å². The number of nitriles is 1. The average Bonchev–Trinajstić information content (AvgIpc) is 3.19. The minimum Gasteiger partial charge on any atom is -0.377 e. The molecule has 0 spiro atoms. The summed E-state index contributed by atoms with van der Waals surface area (Å²) in [6.45, 7) is 1.87. The lowest BCUT2D eigenvalue weighted by atomic mass is 10.1. The maximum absolute atomic E-state index is 12.7. The van der Waals surface area contributed by atoms with Crippen molar-refractivity contribution in [3.63, 3.8) is 0 Å². The number of nitrogens with zero attached hydrogens (tertiary/aromatic N) is 2. The van der Waals surface area contributed by atoms with E-state index in [-0.39, 0.29) is 10.6 Å². The molecular weight excluding hydrogens is 558 g/mol. The number of aromatic nitrogens is 2. The fourth-order valence-electron chi connectivity index (χ4n) is 3.01. The number of para-hydroxylation sites is 2. The minimum absolute atomic E-state index is 0.0579. The molecule has 1 N–H and O–H groups in total. The molecule has 3 aromatic carbocycles. The van der Waals surface area contributed by atoms with Gasteiger partial charge in [-0.25, -0.2) is 4.98 Å². The van der Waals surface area contributed by atoms with Crippen molar-refractivity contribution in [1.82, 2.24) is 9.97 Å². The number of hydrogen-bond donors (Lipinski definition) is 1. The zero-order chi connectivity index (χ0) is 22.9. The molecule has 0 aliphatic carbocycles. The molecule has 0 amide bonds. The fraction of sp³-hybridized carbons (Fsp3) is 0.0435. The third-order valence-corrected chi connectivity index (χ3v) is 7.01. The van der Waals surface area contributed by atoms with Crippen molar-refractivity contribution in [2.24, 2.45) is 0 Å². The number of benzene rings is 3. The minimum atomic E-state index is -4.02. The van der Waals surface area contributed by atoms with Crippen LogP contribution in [0.15, 0.2) is 74.5 Å². The van der Waals surface area contributed by atoms with Crippen molar-refractivity contribution < 1.29 is 12.6 Å². The number of nitrogens with one attached hydrogen (secondary N) is 1. The summed E-state index contributed by atoms with van der Waals surface area (Å²) in [5.41, 5.74) is 3.52. The first-order valence-electron chi connectivity index (χ1n) is 9.34. The highest BCUT2D eigenvalue weighted by molar-refractivity contribution is 9.11. The predicted molar refractivity (Wildman–Crippen MR) is 130 cm³/mol. The Morgan fingerprint density at radius 2 is 1.75 bits per heavy atom. The largest absolute Gasteiger partial charge is 0.377 e. The maximum Gasteiger partial charge on any atom is 0.339 e. The average molecular weight is 573 g/mol. The summed E-state index contributed by atoms with van der Waals surface area (Å²) in [6, 6.07) is 19.4. The highest BCUT2D eigenvalue weighted by Gasteiger charge is 2.20. The lowest BCUT2D eigenvalue weighted by Gasteiger charge is -2.12. The molecule has 0 atom stereocenters. The van der Waals surface area contributed by atoms with Crippen LogP contribution in [0, 0.1) is 18.3 Å². The summed E-state index contributed by atoms with van der Waals surface area (Å²) in [6.07, 6.45) is 1.66. The number of fused-ring (bicyclic) bond motifs is 1. The van der Waals surface area contributed by atoms with Gasteiger partial charge in [-0.2, -0.15) is 13.7 Å². The van der Waals surface area contributed by atoms with Crippen LogP contribution in [0.2, 0.25) is 0 Å². The maximum atomic E-state index is 12.7. The SMILES string of the molecule is Cc1ccc(S(=O)(=O)Oc2c(Br)cc(/C=C(\C#N)c3nc4ccccc4[nH]3)cc2Br)cc1. The smallest absolute Gasteiger partial charge is 0.339 e. The van der Waals surface area contributed by atoms with Crippen LogP contribution in [0.25, 0.3) is 22.7 Å². The van der Waals surface area contributed by atoms with Crippen molar-refractivity contribution >= 4 is 64.7 Å². The molecule has 0 unspecified atom stereocenters. The van der Waals surface area contributed by atoms with Crippen molar-refractivity contribution in [1.29, 1.82) is 5.26 Å². The number of imidazole rings is 1. The van der Waals surface area contributed by atoms with E-state index in [0.29, 0.717) is 25.9 Å². The van der Waals surface area contributed by atoms with Crippen LogP contribution in [0.1, 0.15) is 17.0 Å². The van der Waals surface area contributed by atoms with Gasteiger partial charge in [0.2, 0.25) is 0 Å². The van der Waals surface area contributed by atoms with Gasteiger partial charge in [-0.1, -0.05) is 29.8 Å². The predicted octanol–water partition coefficient (Wildman–Crippen LogP) is 6.23. The summed E-state index contributed by atoms with van der Waals surface area (Å²) in [5, 5.41) is 9.65. The topological polar surface area (TPSA) is 95.8 Å². The van der Waals surface area contributed by atoms with Crippen LogP contribution < -0.4 is 4.18 Å². The normalized spacial score (nSPS) is 12.0. The quantitative estimate of drug-likeness (QED) is 0.226. The fourth-order valence-corrected chi connectivity index (χ4v) is 5.57. The first-order valence-corrected chi connectivity index (χ1v) is 12.3. The molecule has 0 saturated carbocycles. The van der Waals surface area contributed by atoms with Gasteiger partial charge in [-0.15, -0.1) is 0 Å². The van der Waals surface area contributed by atoms with Crippen LogP contribution in [0.3, 0.4) is 0 Å². The lowest BCUT2D eigenvalue weighted by Crippen LogP contribution is -2.10. The van der Waals surface area contributed by atoms with Gasteiger partial charge < -0.3 is 9.17 Å². The molecular formula is C23H15Br2N3O3S. The standard InChI is InChI=1S/C23H15Br2N3O3S/c1-14-6-8-17(9-7-14)32(29,30)31-22-18(24)11-15(12-19(22)25)10-16(13-26)23-27-20-4-2-3-5-21(20)28-23/h2-12H,1H3,(H,27,28)/b16-10+. The van der Waals surface area contributed by atoms with E-state index < -0.39 is 10.1 Å².